The van der Waals surface area contributed by atoms with Crippen LogP contribution in [-0.2, 0) is 14.2 Å². The Morgan fingerprint density at radius 2 is 1.82 bits per heavy atom. The van der Waals surface area contributed by atoms with Gasteiger partial charge in [-0.25, -0.2) is 0 Å². The Hall–Kier alpha value is -0.120. The molecule has 3 heteroatoms. The van der Waals surface area contributed by atoms with Crippen molar-refractivity contribution in [1.82, 2.24) is 0 Å². The van der Waals surface area contributed by atoms with Crippen molar-refractivity contribution in [2.24, 2.45) is 0 Å². The normalized spacial score (nSPS) is 29.5. The maximum absolute atomic E-state index is 5.36. The monoisotopic (exact) mass is 160 g/mol. The molecule has 0 aromatic rings. The van der Waals surface area contributed by atoms with E-state index in [2.05, 4.69) is 0 Å². The second kappa shape index (κ2) is 3.52. The van der Waals surface area contributed by atoms with Crippen molar-refractivity contribution in [3.05, 3.63) is 0 Å². The summed E-state index contributed by atoms with van der Waals surface area (Å²) in [4.78, 5) is 0. The summed E-state index contributed by atoms with van der Waals surface area (Å²) in [5.74, 6) is 0. The Bertz CT molecular complexity index is 115. The molecule has 0 bridgehead atoms. The molecule has 3 nitrogen and oxygen atoms in total. The molecule has 0 radical (unpaired) electrons. The smallest absolute Gasteiger partial charge is 0.188 e. The predicted octanol–water partition coefficient (Wildman–Crippen LogP) is 1.17. The van der Waals surface area contributed by atoms with Gasteiger partial charge in [0.25, 0.3) is 0 Å². The maximum Gasteiger partial charge on any atom is 0.188 e. The average Bonchev–Trinajstić information content (AvgIpc) is 2.69. The van der Waals surface area contributed by atoms with Gasteiger partial charge in [0.2, 0.25) is 0 Å². The van der Waals surface area contributed by atoms with Crippen molar-refractivity contribution >= 4 is 0 Å². The van der Waals surface area contributed by atoms with Gasteiger partial charge in [-0.3, -0.25) is 0 Å². The van der Waals surface area contributed by atoms with E-state index in [1.807, 2.05) is 20.8 Å². The SMILES string of the molecule is CCOC(OCC)[C@]1(C)CO1. The number of ether oxygens (including phenoxy) is 3. The van der Waals surface area contributed by atoms with Gasteiger partial charge in [-0.05, 0) is 20.8 Å². The van der Waals surface area contributed by atoms with Crippen LogP contribution < -0.4 is 0 Å². The van der Waals surface area contributed by atoms with E-state index in [-0.39, 0.29) is 11.9 Å². The standard InChI is InChI=1S/C8H16O3/c1-4-9-7(10-5-2)8(3)6-11-8/h7H,4-6H2,1-3H3/t8-/m0/s1. The van der Waals surface area contributed by atoms with E-state index in [0.717, 1.165) is 6.61 Å². The molecule has 1 fully saturated rings. The molecule has 1 saturated heterocycles. The van der Waals surface area contributed by atoms with E-state index in [1.54, 1.807) is 0 Å². The van der Waals surface area contributed by atoms with E-state index in [1.165, 1.54) is 0 Å². The quantitative estimate of drug-likeness (QED) is 0.447. The lowest BCUT2D eigenvalue weighted by atomic mass is 10.2. The first kappa shape index (κ1) is 8.97. The molecule has 1 rings (SSSR count). The Morgan fingerprint density at radius 3 is 2.09 bits per heavy atom. The largest absolute Gasteiger partial charge is 0.364 e. The van der Waals surface area contributed by atoms with E-state index in [0.29, 0.717) is 13.2 Å². The highest BCUT2D eigenvalue weighted by atomic mass is 16.7. The van der Waals surface area contributed by atoms with Gasteiger partial charge >= 0.3 is 0 Å². The van der Waals surface area contributed by atoms with Crippen LogP contribution >= 0.6 is 0 Å². The van der Waals surface area contributed by atoms with Crippen molar-refractivity contribution in [2.45, 2.75) is 32.7 Å². The van der Waals surface area contributed by atoms with Gasteiger partial charge in [0.05, 0.1) is 6.61 Å². The predicted molar refractivity (Wildman–Crippen MR) is 41.4 cm³/mol. The zero-order chi connectivity index (χ0) is 8.32. The van der Waals surface area contributed by atoms with Crippen molar-refractivity contribution in [2.75, 3.05) is 19.8 Å². The third-order valence-electron chi connectivity index (χ3n) is 1.73. The summed E-state index contributed by atoms with van der Waals surface area (Å²) in [7, 11) is 0. The highest BCUT2D eigenvalue weighted by Gasteiger charge is 2.48. The van der Waals surface area contributed by atoms with Crippen LogP contribution in [0.2, 0.25) is 0 Å². The zero-order valence-electron chi connectivity index (χ0n) is 7.42. The highest BCUT2D eigenvalue weighted by Crippen LogP contribution is 2.32. The number of rotatable bonds is 5. The Labute approximate surface area is 67.6 Å². The van der Waals surface area contributed by atoms with Crippen LogP contribution in [0.3, 0.4) is 0 Å². The van der Waals surface area contributed by atoms with Gasteiger partial charge in [0.1, 0.15) is 5.60 Å². The van der Waals surface area contributed by atoms with Gasteiger partial charge in [0.15, 0.2) is 6.29 Å². The number of hydrogen-bond donors (Lipinski definition) is 0. The van der Waals surface area contributed by atoms with Crippen LogP contribution in [0.1, 0.15) is 20.8 Å². The molecule has 1 aliphatic rings. The van der Waals surface area contributed by atoms with Crippen LogP contribution in [0.15, 0.2) is 0 Å². The van der Waals surface area contributed by atoms with E-state index < -0.39 is 0 Å². The fourth-order valence-electron chi connectivity index (χ4n) is 0.953. The molecule has 0 aliphatic carbocycles. The summed E-state index contributed by atoms with van der Waals surface area (Å²) in [5.41, 5.74) is -0.175. The molecule has 0 aromatic carbocycles. The van der Waals surface area contributed by atoms with Gasteiger partial charge < -0.3 is 14.2 Å². The molecular weight excluding hydrogens is 144 g/mol. The zero-order valence-corrected chi connectivity index (χ0v) is 7.42. The number of hydrogen-bond acceptors (Lipinski definition) is 3. The minimum absolute atomic E-state index is 0.175. The first-order valence-corrected chi connectivity index (χ1v) is 4.10. The Balaban J connectivity index is 2.32. The molecule has 0 unspecified atom stereocenters. The van der Waals surface area contributed by atoms with Gasteiger partial charge in [-0.2, -0.15) is 0 Å². The molecule has 0 N–H and O–H groups in total. The van der Waals surface area contributed by atoms with Crippen LogP contribution in [-0.4, -0.2) is 31.7 Å². The van der Waals surface area contributed by atoms with E-state index in [4.69, 9.17) is 14.2 Å². The number of epoxide rings is 1. The summed E-state index contributed by atoms with van der Waals surface area (Å²) in [6, 6.07) is 0. The van der Waals surface area contributed by atoms with E-state index in [9.17, 15) is 0 Å². The summed E-state index contributed by atoms with van der Waals surface area (Å²) in [6.07, 6.45) is -0.183. The molecule has 11 heavy (non-hydrogen) atoms. The topological polar surface area (TPSA) is 31.0 Å². The minimum Gasteiger partial charge on any atom is -0.364 e. The summed E-state index contributed by atoms with van der Waals surface area (Å²) in [6.45, 7) is 8.00. The second-order valence-corrected chi connectivity index (χ2v) is 2.84. The van der Waals surface area contributed by atoms with Gasteiger partial charge in [0, 0.05) is 13.2 Å². The van der Waals surface area contributed by atoms with Crippen molar-refractivity contribution in [1.29, 1.82) is 0 Å². The lowest BCUT2D eigenvalue weighted by molar-refractivity contribution is -0.169. The third kappa shape index (κ3) is 2.15. The van der Waals surface area contributed by atoms with Crippen molar-refractivity contribution < 1.29 is 14.2 Å². The average molecular weight is 160 g/mol. The lowest BCUT2D eigenvalue weighted by Crippen LogP contribution is -2.32. The summed E-state index contributed by atoms with van der Waals surface area (Å²) >= 11 is 0. The molecule has 1 heterocycles. The molecular formula is C8H16O3. The van der Waals surface area contributed by atoms with Crippen LogP contribution in [0.4, 0.5) is 0 Å². The van der Waals surface area contributed by atoms with Crippen molar-refractivity contribution in [3.8, 4) is 0 Å². The highest BCUT2D eigenvalue weighted by molar-refractivity contribution is 4.90. The fraction of sp³-hybridized carbons (Fsp3) is 1.00. The minimum atomic E-state index is -0.183. The summed E-state index contributed by atoms with van der Waals surface area (Å²) in [5, 5.41) is 0. The molecule has 66 valence electrons. The molecule has 0 saturated carbocycles. The second-order valence-electron chi connectivity index (χ2n) is 2.84. The fourth-order valence-corrected chi connectivity index (χ4v) is 0.953. The first-order valence-electron chi connectivity index (χ1n) is 4.10. The van der Waals surface area contributed by atoms with Gasteiger partial charge in [-0.1, -0.05) is 0 Å². The molecule has 1 aliphatic heterocycles. The Kier molecular flexibility index (Phi) is 2.87. The maximum atomic E-state index is 5.36. The van der Waals surface area contributed by atoms with Crippen LogP contribution in [0.5, 0.6) is 0 Å². The molecule has 0 aromatic heterocycles. The van der Waals surface area contributed by atoms with Crippen molar-refractivity contribution in [3.63, 3.8) is 0 Å². The van der Waals surface area contributed by atoms with Crippen LogP contribution in [0, 0.1) is 0 Å². The summed E-state index contributed by atoms with van der Waals surface area (Å²) < 4.78 is 15.9. The lowest BCUT2D eigenvalue weighted by Gasteiger charge is -2.20. The first-order chi connectivity index (χ1) is 5.23. The van der Waals surface area contributed by atoms with Crippen LogP contribution in [0.25, 0.3) is 0 Å². The molecule has 0 spiro atoms. The van der Waals surface area contributed by atoms with E-state index >= 15 is 0 Å². The third-order valence-corrected chi connectivity index (χ3v) is 1.73. The molecule has 1 atom stereocenters. The molecule has 0 amide bonds. The Morgan fingerprint density at radius 1 is 1.36 bits per heavy atom. The van der Waals surface area contributed by atoms with Gasteiger partial charge in [-0.15, -0.1) is 0 Å².